The van der Waals surface area contributed by atoms with Gasteiger partial charge in [-0.15, -0.1) is 5.10 Å². The van der Waals surface area contributed by atoms with E-state index >= 15 is 0 Å². The van der Waals surface area contributed by atoms with Crippen molar-refractivity contribution in [2.24, 2.45) is 17.8 Å². The number of nitrogens with one attached hydrogen (secondary N) is 1. The first-order valence-electron chi connectivity index (χ1n) is 21.2. The van der Waals surface area contributed by atoms with E-state index in [4.69, 9.17) is 29.4 Å². The third-order valence-corrected chi connectivity index (χ3v) is 12.4. The Morgan fingerprint density at radius 1 is 1.10 bits per heavy atom. The van der Waals surface area contributed by atoms with Crippen LogP contribution in [0, 0.1) is 17.8 Å². The Labute approximate surface area is 350 Å². The lowest BCUT2D eigenvalue weighted by atomic mass is 9.78. The number of nitrogen functional groups attached to an aromatic ring is 1. The Morgan fingerprint density at radius 2 is 1.81 bits per heavy atom. The number of rotatable bonds is 15. The zero-order valence-electron chi connectivity index (χ0n) is 37.3. The molecule has 2 saturated heterocycles. The van der Waals surface area contributed by atoms with E-state index in [-0.39, 0.29) is 24.6 Å². The molecule has 16 heteroatoms. The van der Waals surface area contributed by atoms with Crippen molar-refractivity contribution in [1.29, 1.82) is 0 Å². The number of nitrogens with two attached hydrogens (primary N) is 1. The van der Waals surface area contributed by atoms with E-state index in [9.17, 15) is 19.5 Å². The summed E-state index contributed by atoms with van der Waals surface area (Å²) in [5.74, 6) is -3.24. The Kier molecular flexibility index (Phi) is 16.9. The first-order valence-corrected chi connectivity index (χ1v) is 21.2. The van der Waals surface area contributed by atoms with Gasteiger partial charge >= 0.3 is 12.1 Å². The van der Waals surface area contributed by atoms with Crippen molar-refractivity contribution < 1.29 is 43.2 Å². The fraction of sp³-hybridized carbons (Fsp3) is 0.744. The molecule has 332 valence electrons. The van der Waals surface area contributed by atoms with Crippen LogP contribution >= 0.6 is 0 Å². The Balaban J connectivity index is 1.65. The summed E-state index contributed by atoms with van der Waals surface area (Å²) in [6.07, 6.45) is -0.634. The number of amides is 1. The quantitative estimate of drug-likeness (QED) is 0.0982. The van der Waals surface area contributed by atoms with Gasteiger partial charge in [-0.05, 0) is 99.0 Å². The molecule has 0 spiro atoms. The van der Waals surface area contributed by atoms with Gasteiger partial charge in [-0.2, -0.15) is 0 Å². The summed E-state index contributed by atoms with van der Waals surface area (Å²) in [5, 5.41) is 23.9. The highest BCUT2D eigenvalue weighted by Gasteiger charge is 2.58. The van der Waals surface area contributed by atoms with Crippen molar-refractivity contribution in [2.75, 3.05) is 46.6 Å². The van der Waals surface area contributed by atoms with Crippen LogP contribution in [0.1, 0.15) is 88.0 Å². The van der Waals surface area contributed by atoms with Crippen molar-refractivity contribution in [3.63, 3.8) is 0 Å². The van der Waals surface area contributed by atoms with Crippen molar-refractivity contribution in [3.8, 4) is 11.3 Å². The number of aliphatic hydroxyl groups is 1. The third-order valence-electron chi connectivity index (χ3n) is 12.4. The van der Waals surface area contributed by atoms with Crippen molar-refractivity contribution in [3.05, 3.63) is 30.5 Å². The number of ether oxygens (including phenoxy) is 5. The number of anilines is 1. The number of cyclic esters (lactones) is 1. The molecular formula is C43H71N7O9. The summed E-state index contributed by atoms with van der Waals surface area (Å²) in [6, 6.07) is 6.29. The van der Waals surface area contributed by atoms with Crippen LogP contribution in [0.25, 0.3) is 11.3 Å². The minimum absolute atomic E-state index is 0.0296. The van der Waals surface area contributed by atoms with Gasteiger partial charge in [-0.1, -0.05) is 45.0 Å². The smallest absolute Gasteiger partial charge is 0.410 e. The molecule has 16 nitrogen and oxygen atoms in total. The summed E-state index contributed by atoms with van der Waals surface area (Å²) < 4.78 is 33.1. The highest BCUT2D eigenvalue weighted by molar-refractivity contribution is 6.00. The molecule has 2 aliphatic rings. The number of likely N-dealkylation sites (N-methyl/N-ethyl adjacent to an activating group) is 1. The molecule has 4 N–H and O–H groups in total. The first-order chi connectivity index (χ1) is 27.8. The summed E-state index contributed by atoms with van der Waals surface area (Å²) in [4.78, 5) is 45.9. The molecule has 2 unspecified atom stereocenters. The molecule has 12 atom stereocenters. The molecule has 2 aromatic rings. The highest BCUT2D eigenvalue weighted by Crippen LogP contribution is 2.40. The monoisotopic (exact) mass is 830 g/mol. The van der Waals surface area contributed by atoms with E-state index in [1.807, 2.05) is 91.0 Å². The number of esters is 1. The van der Waals surface area contributed by atoms with Gasteiger partial charge in [0.25, 0.3) is 0 Å². The predicted molar refractivity (Wildman–Crippen MR) is 224 cm³/mol. The normalized spacial score (nSPS) is 31.5. The van der Waals surface area contributed by atoms with Gasteiger partial charge in [0.2, 0.25) is 0 Å². The van der Waals surface area contributed by atoms with Gasteiger partial charge in [-0.25, -0.2) is 4.79 Å². The zero-order valence-corrected chi connectivity index (χ0v) is 37.3. The van der Waals surface area contributed by atoms with Gasteiger partial charge in [0.05, 0.1) is 23.9 Å². The minimum Gasteiger partial charge on any atom is -0.458 e. The standard InChI is InChI=1S/C43H71N7O9/c1-13-33(48(10)11)36(52)40(56-15-3)58-38-27(5)35(51)28(6)39(53)57-34(14-2)43(9)37(29(7)45-24-26(4)23-42(38,8)55-12)50(41(54)59-43)21-17-20-49-25-32(46-47-49)30-18-16-19-31(44)22-30/h16,18-19,22,25-29,33-34,36-38,40,45,52H,13-15,17,20-21,23-24,44H2,1-12H3/t26-,27-,28-,29-,33?,34-,36?,37-,38-,40+,42-,43-/m1/s1. The van der Waals surface area contributed by atoms with Crippen LogP contribution in [0.2, 0.25) is 0 Å². The molecule has 0 aliphatic carbocycles. The van der Waals surface area contributed by atoms with Gasteiger partial charge in [0.1, 0.15) is 23.8 Å². The number of carbonyl (C=O) groups is 3. The first kappa shape index (κ1) is 48.0. The van der Waals surface area contributed by atoms with Gasteiger partial charge in [0.15, 0.2) is 17.7 Å². The number of methoxy groups -OCH3 is 1. The molecule has 59 heavy (non-hydrogen) atoms. The number of aromatic nitrogens is 3. The largest absolute Gasteiger partial charge is 0.458 e. The number of nitrogens with zero attached hydrogens (tertiary/aromatic N) is 5. The SMILES string of the molecule is CCO[C@@H](O[C@@H]1[C@H](C)C(=O)[C@@H](C)C(=O)O[C@H](CC)[C@@]2(C)OC(=O)N(CCCn3cc(-c4cccc(N)c4)nn3)[C@@H]2[C@@H](C)NC[C@H](C)C[C@@]1(C)OC)C(O)C(CC)N(C)C. The molecule has 2 fully saturated rings. The summed E-state index contributed by atoms with van der Waals surface area (Å²) >= 11 is 0. The second-order valence-corrected chi connectivity index (χ2v) is 17.1. The summed E-state index contributed by atoms with van der Waals surface area (Å²) in [6.45, 7) is 18.3. The molecule has 0 saturated carbocycles. The maximum Gasteiger partial charge on any atom is 0.410 e. The van der Waals surface area contributed by atoms with E-state index in [1.165, 1.54) is 6.92 Å². The van der Waals surface area contributed by atoms with Gasteiger partial charge in [-0.3, -0.25) is 19.2 Å². The average Bonchev–Trinajstić information content (AvgIpc) is 3.77. The maximum absolute atomic E-state index is 14.4. The molecule has 4 rings (SSSR count). The number of ketones is 1. The Morgan fingerprint density at radius 3 is 2.42 bits per heavy atom. The van der Waals surface area contributed by atoms with Crippen LogP contribution in [0.3, 0.4) is 0 Å². The fourth-order valence-electron chi connectivity index (χ4n) is 9.12. The lowest BCUT2D eigenvalue weighted by Crippen LogP contribution is -2.61. The lowest BCUT2D eigenvalue weighted by Gasteiger charge is -2.44. The van der Waals surface area contributed by atoms with Crippen LogP contribution in [-0.2, 0) is 39.8 Å². The molecule has 0 bridgehead atoms. The summed E-state index contributed by atoms with van der Waals surface area (Å²) in [7, 11) is 5.35. The van der Waals surface area contributed by atoms with E-state index in [1.54, 1.807) is 23.6 Å². The second kappa shape index (κ2) is 20.7. The van der Waals surface area contributed by atoms with Crippen molar-refractivity contribution in [1.82, 2.24) is 30.1 Å². The van der Waals surface area contributed by atoms with Crippen molar-refractivity contribution in [2.45, 2.75) is 148 Å². The Hall–Kier alpha value is -3.67. The van der Waals surface area contributed by atoms with Crippen molar-refractivity contribution >= 4 is 23.5 Å². The van der Waals surface area contributed by atoms with E-state index in [0.717, 1.165) is 5.56 Å². The lowest BCUT2D eigenvalue weighted by molar-refractivity contribution is -0.265. The molecule has 2 aliphatic heterocycles. The molecular weight excluding hydrogens is 759 g/mol. The number of benzene rings is 1. The van der Waals surface area contributed by atoms with Crippen LogP contribution in [-0.4, -0.2) is 143 Å². The average molecular weight is 830 g/mol. The predicted octanol–water partition coefficient (Wildman–Crippen LogP) is 4.53. The van der Waals surface area contributed by atoms with Crippen LogP contribution < -0.4 is 11.1 Å². The highest BCUT2D eigenvalue weighted by atomic mass is 16.7. The third kappa shape index (κ3) is 11.0. The molecule has 0 radical (unpaired) electrons. The fourth-order valence-corrected chi connectivity index (χ4v) is 9.12. The molecule has 1 amide bonds. The topological polar surface area (TPSA) is 193 Å². The van der Waals surface area contributed by atoms with Gasteiger partial charge < -0.3 is 44.7 Å². The number of fused-ring (bicyclic) bond motifs is 1. The summed E-state index contributed by atoms with van der Waals surface area (Å²) in [5.41, 5.74) is 5.84. The number of aryl methyl sites for hydroxylation is 1. The second-order valence-electron chi connectivity index (χ2n) is 17.1. The number of carbonyl (C=O) groups excluding carboxylic acids is 3. The van der Waals surface area contributed by atoms with E-state index < -0.39 is 71.5 Å². The molecule has 3 heterocycles. The maximum atomic E-state index is 14.4. The van der Waals surface area contributed by atoms with Crippen LogP contribution in [0.5, 0.6) is 0 Å². The Bertz CT molecular complexity index is 1690. The van der Waals surface area contributed by atoms with E-state index in [0.29, 0.717) is 56.7 Å². The van der Waals surface area contributed by atoms with E-state index in [2.05, 4.69) is 22.6 Å². The zero-order chi connectivity index (χ0) is 43.8. The number of hydrogen-bond donors (Lipinski definition) is 3. The van der Waals surface area contributed by atoms with Crippen LogP contribution in [0.15, 0.2) is 30.5 Å². The molecule has 1 aromatic heterocycles. The minimum atomic E-state index is -1.25. The van der Waals surface area contributed by atoms with Gasteiger partial charge in [0, 0.05) is 56.1 Å². The van der Waals surface area contributed by atoms with Crippen LogP contribution in [0.4, 0.5) is 10.5 Å². The number of hydrogen-bond acceptors (Lipinski definition) is 14. The molecule has 1 aromatic carbocycles. The number of Topliss-reactive ketones (excluding diaryl/α,β-unsaturated/α-hetero) is 1. The number of aliphatic hydroxyl groups excluding tert-OH is 1.